The fraction of sp³-hybridized carbons (Fsp3) is 0.381. The monoisotopic (exact) mass is 403 g/mol. The topological polar surface area (TPSA) is 80.3 Å². The highest BCUT2D eigenvalue weighted by Gasteiger charge is 2.22. The minimum atomic E-state index is -0.695. The van der Waals surface area contributed by atoms with E-state index >= 15 is 0 Å². The predicted octanol–water partition coefficient (Wildman–Crippen LogP) is 3.91. The van der Waals surface area contributed by atoms with E-state index in [0.29, 0.717) is 37.4 Å². The van der Waals surface area contributed by atoms with Crippen molar-refractivity contribution in [3.63, 3.8) is 0 Å². The summed E-state index contributed by atoms with van der Waals surface area (Å²) in [4.78, 5) is 28.2. The molecule has 0 radical (unpaired) electrons. The van der Waals surface area contributed by atoms with Gasteiger partial charge in [0.15, 0.2) is 0 Å². The number of cyclic esters (lactones) is 1. The van der Waals surface area contributed by atoms with E-state index in [-0.39, 0.29) is 29.4 Å². The third-order valence-electron chi connectivity index (χ3n) is 4.73. The number of nitrogens with one attached hydrogen (secondary N) is 2. The van der Waals surface area contributed by atoms with Crippen molar-refractivity contribution in [2.75, 3.05) is 18.5 Å². The van der Waals surface area contributed by atoms with Gasteiger partial charge in [-0.15, -0.1) is 0 Å². The first kappa shape index (κ1) is 20.7. The fourth-order valence-corrected chi connectivity index (χ4v) is 3.22. The Morgan fingerprint density at radius 1 is 1.24 bits per heavy atom. The van der Waals surface area contributed by atoms with Crippen molar-refractivity contribution in [2.45, 2.75) is 32.6 Å². The third kappa shape index (κ3) is 5.49. The van der Waals surface area contributed by atoms with Crippen LogP contribution in [0.15, 0.2) is 30.5 Å². The van der Waals surface area contributed by atoms with Crippen molar-refractivity contribution in [1.82, 2.24) is 10.3 Å². The lowest BCUT2D eigenvalue weighted by Gasteiger charge is -2.22. The van der Waals surface area contributed by atoms with Gasteiger partial charge >= 0.3 is 5.97 Å². The maximum Gasteiger partial charge on any atom is 0.306 e. The number of anilines is 2. The molecule has 1 unspecified atom stereocenters. The lowest BCUT2D eigenvalue weighted by atomic mass is 9.97. The lowest BCUT2D eigenvalue weighted by Crippen LogP contribution is -2.34. The van der Waals surface area contributed by atoms with Gasteiger partial charge in [-0.2, -0.15) is 0 Å². The van der Waals surface area contributed by atoms with Crippen LogP contribution in [0, 0.1) is 17.6 Å². The number of benzene rings is 1. The molecule has 1 aliphatic heterocycles. The Hall–Kier alpha value is -3.03. The molecule has 1 saturated heterocycles. The number of ether oxygens (including phenoxy) is 1. The number of amides is 1. The Morgan fingerprint density at radius 3 is 2.62 bits per heavy atom. The highest BCUT2D eigenvalue weighted by atomic mass is 19.1. The number of carbonyl (C=O) groups excluding carboxylic acids is 2. The molecule has 0 spiro atoms. The molecule has 1 amide bonds. The summed E-state index contributed by atoms with van der Waals surface area (Å²) in [5, 5.41) is 5.72. The minimum absolute atomic E-state index is 0.0215. The standard InChI is InChI=1S/C21H23F2N3O3/c1-12(2)17-9-19(26-16-7-14(22)6-15(23)8-16)24-11-18(17)21(28)25-10-13-3-4-29-20(27)5-13/h6-9,11-13H,3-5,10H2,1-2H3,(H,24,26)(H,25,28). The number of hydrogen-bond acceptors (Lipinski definition) is 5. The first-order valence-electron chi connectivity index (χ1n) is 9.48. The minimum Gasteiger partial charge on any atom is -0.466 e. The van der Waals surface area contributed by atoms with Gasteiger partial charge in [0.05, 0.1) is 18.6 Å². The average molecular weight is 403 g/mol. The Labute approximate surface area is 167 Å². The number of halogens is 2. The van der Waals surface area contributed by atoms with E-state index in [1.807, 2.05) is 13.8 Å². The van der Waals surface area contributed by atoms with Gasteiger partial charge in [-0.25, -0.2) is 13.8 Å². The maximum absolute atomic E-state index is 13.4. The van der Waals surface area contributed by atoms with Crippen molar-refractivity contribution >= 4 is 23.4 Å². The summed E-state index contributed by atoms with van der Waals surface area (Å²) >= 11 is 0. The van der Waals surface area contributed by atoms with Crippen LogP contribution in [-0.4, -0.2) is 30.0 Å². The van der Waals surface area contributed by atoms with Gasteiger partial charge in [0.2, 0.25) is 0 Å². The predicted molar refractivity (Wildman–Crippen MR) is 104 cm³/mol. The second-order valence-electron chi connectivity index (χ2n) is 7.38. The van der Waals surface area contributed by atoms with Gasteiger partial charge in [0.1, 0.15) is 17.5 Å². The van der Waals surface area contributed by atoms with E-state index in [9.17, 15) is 18.4 Å². The second kappa shape index (κ2) is 8.98. The molecule has 29 heavy (non-hydrogen) atoms. The molecule has 0 bridgehead atoms. The molecule has 2 N–H and O–H groups in total. The van der Waals surface area contributed by atoms with Gasteiger partial charge in [-0.3, -0.25) is 9.59 Å². The normalized spacial score (nSPS) is 16.4. The number of carbonyl (C=O) groups is 2. The molecule has 0 aliphatic carbocycles. The molecule has 1 aliphatic rings. The van der Waals surface area contributed by atoms with Crippen LogP contribution in [-0.2, 0) is 9.53 Å². The second-order valence-corrected chi connectivity index (χ2v) is 7.38. The van der Waals surface area contributed by atoms with Crippen molar-refractivity contribution < 1.29 is 23.1 Å². The van der Waals surface area contributed by atoms with Gasteiger partial charge < -0.3 is 15.4 Å². The van der Waals surface area contributed by atoms with E-state index in [1.165, 1.54) is 6.20 Å². The molecule has 1 aromatic carbocycles. The van der Waals surface area contributed by atoms with E-state index < -0.39 is 11.6 Å². The van der Waals surface area contributed by atoms with Gasteiger partial charge in [-0.1, -0.05) is 13.8 Å². The number of nitrogens with zero attached hydrogens (tertiary/aromatic N) is 1. The Bertz CT molecular complexity index is 898. The highest BCUT2D eigenvalue weighted by Crippen LogP contribution is 2.25. The smallest absolute Gasteiger partial charge is 0.306 e. The van der Waals surface area contributed by atoms with E-state index in [2.05, 4.69) is 15.6 Å². The molecule has 1 fully saturated rings. The van der Waals surface area contributed by atoms with Crippen LogP contribution >= 0.6 is 0 Å². The largest absolute Gasteiger partial charge is 0.466 e. The average Bonchev–Trinajstić information content (AvgIpc) is 2.65. The molecule has 1 atom stereocenters. The summed E-state index contributed by atoms with van der Waals surface area (Å²) in [6.07, 6.45) is 2.45. The molecular formula is C21H23F2N3O3. The Morgan fingerprint density at radius 2 is 1.97 bits per heavy atom. The van der Waals surface area contributed by atoms with Gasteiger partial charge in [0.25, 0.3) is 5.91 Å². The van der Waals surface area contributed by atoms with Crippen molar-refractivity contribution in [3.8, 4) is 0 Å². The fourth-order valence-electron chi connectivity index (χ4n) is 3.22. The summed E-state index contributed by atoms with van der Waals surface area (Å²) in [6, 6.07) is 4.81. The molecule has 1 aromatic heterocycles. The quantitative estimate of drug-likeness (QED) is 0.715. The van der Waals surface area contributed by atoms with Gasteiger partial charge in [0, 0.05) is 24.5 Å². The summed E-state index contributed by atoms with van der Waals surface area (Å²) in [5.74, 6) is -1.45. The molecule has 2 heterocycles. The third-order valence-corrected chi connectivity index (χ3v) is 4.73. The molecular weight excluding hydrogens is 380 g/mol. The number of aromatic nitrogens is 1. The summed E-state index contributed by atoms with van der Waals surface area (Å²) in [5.41, 5.74) is 1.40. The number of hydrogen-bond donors (Lipinski definition) is 2. The van der Waals surface area contributed by atoms with E-state index in [4.69, 9.17) is 4.74 Å². The highest BCUT2D eigenvalue weighted by molar-refractivity contribution is 5.96. The van der Waals surface area contributed by atoms with E-state index in [1.54, 1.807) is 6.07 Å². The Balaban J connectivity index is 1.73. The first-order chi connectivity index (χ1) is 13.8. The zero-order chi connectivity index (χ0) is 21.0. The number of rotatable bonds is 6. The maximum atomic E-state index is 13.4. The SMILES string of the molecule is CC(C)c1cc(Nc2cc(F)cc(F)c2)ncc1C(=O)NCC1CCOC(=O)C1. The van der Waals surface area contributed by atoms with Crippen LogP contribution in [0.25, 0.3) is 0 Å². The summed E-state index contributed by atoms with van der Waals surface area (Å²) in [7, 11) is 0. The molecule has 6 nitrogen and oxygen atoms in total. The number of esters is 1. The van der Waals surface area contributed by atoms with Crippen LogP contribution in [0.2, 0.25) is 0 Å². The van der Waals surface area contributed by atoms with Crippen molar-refractivity contribution in [1.29, 1.82) is 0 Å². The molecule has 0 saturated carbocycles. The zero-order valence-corrected chi connectivity index (χ0v) is 16.3. The van der Waals surface area contributed by atoms with E-state index in [0.717, 1.165) is 23.8 Å². The van der Waals surface area contributed by atoms with Crippen LogP contribution < -0.4 is 10.6 Å². The van der Waals surface area contributed by atoms with Crippen LogP contribution in [0.4, 0.5) is 20.3 Å². The molecule has 8 heteroatoms. The number of pyridine rings is 1. The molecule has 3 rings (SSSR count). The first-order valence-corrected chi connectivity index (χ1v) is 9.48. The van der Waals surface area contributed by atoms with Crippen molar-refractivity contribution in [2.24, 2.45) is 5.92 Å². The zero-order valence-electron chi connectivity index (χ0n) is 16.3. The van der Waals surface area contributed by atoms with Crippen LogP contribution in [0.3, 0.4) is 0 Å². The summed E-state index contributed by atoms with van der Waals surface area (Å²) < 4.78 is 31.7. The lowest BCUT2D eigenvalue weighted by molar-refractivity contribution is -0.149. The molecule has 2 aromatic rings. The summed E-state index contributed by atoms with van der Waals surface area (Å²) in [6.45, 7) is 4.64. The van der Waals surface area contributed by atoms with Crippen LogP contribution in [0.5, 0.6) is 0 Å². The molecule has 154 valence electrons. The Kier molecular flexibility index (Phi) is 6.41. The van der Waals surface area contributed by atoms with Crippen LogP contribution in [0.1, 0.15) is 48.5 Å². The van der Waals surface area contributed by atoms with Gasteiger partial charge in [-0.05, 0) is 42.0 Å². The van der Waals surface area contributed by atoms with Crippen molar-refractivity contribution in [3.05, 3.63) is 53.2 Å².